The summed E-state index contributed by atoms with van der Waals surface area (Å²) in [7, 11) is 0. The van der Waals surface area contributed by atoms with Crippen LogP contribution in [-0.4, -0.2) is 10.1 Å². The molecule has 0 saturated carbocycles. The fourth-order valence-electron chi connectivity index (χ4n) is 0.894. The van der Waals surface area contributed by atoms with Gasteiger partial charge in [-0.1, -0.05) is 17.4 Å². The maximum absolute atomic E-state index is 9.30. The second-order valence-electron chi connectivity index (χ2n) is 2.39. The van der Waals surface area contributed by atoms with Crippen molar-refractivity contribution in [2.45, 2.75) is 6.92 Å². The molecule has 0 saturated heterocycles. The lowest BCUT2D eigenvalue weighted by molar-refractivity contribution is 0.485. The number of aromatic nitrogens is 1. The van der Waals surface area contributed by atoms with E-state index >= 15 is 0 Å². The first kappa shape index (κ1) is 7.76. The van der Waals surface area contributed by atoms with E-state index in [-0.39, 0.29) is 0 Å². The quantitative estimate of drug-likeness (QED) is 0.762. The number of thiazole rings is 1. The van der Waals surface area contributed by atoms with Gasteiger partial charge in [-0.25, -0.2) is 4.98 Å². The Hall–Kier alpha value is -0.870. The summed E-state index contributed by atoms with van der Waals surface area (Å²) in [5, 5.41) is 12.5. The van der Waals surface area contributed by atoms with Crippen molar-refractivity contribution in [2.24, 2.45) is 0 Å². The lowest BCUT2D eigenvalue weighted by Crippen LogP contribution is -1.70. The second-order valence-corrected chi connectivity index (χ2v) is 4.31. The lowest BCUT2D eigenvalue weighted by Gasteiger charge is -1.84. The van der Waals surface area contributed by atoms with E-state index in [2.05, 4.69) is 4.98 Å². The average Bonchev–Trinajstić information content (AvgIpc) is 2.61. The van der Waals surface area contributed by atoms with Crippen LogP contribution in [0.15, 0.2) is 17.5 Å². The molecule has 2 aromatic rings. The van der Waals surface area contributed by atoms with Crippen LogP contribution in [0.1, 0.15) is 5.69 Å². The number of rotatable bonds is 1. The van der Waals surface area contributed by atoms with Crippen molar-refractivity contribution in [2.75, 3.05) is 0 Å². The summed E-state index contributed by atoms with van der Waals surface area (Å²) in [6.45, 7) is 1.81. The Bertz CT molecular complexity index is 358. The molecule has 0 radical (unpaired) electrons. The minimum absolute atomic E-state index is 0.318. The van der Waals surface area contributed by atoms with E-state index in [0.29, 0.717) is 10.8 Å². The van der Waals surface area contributed by atoms with E-state index in [1.165, 1.54) is 11.3 Å². The Morgan fingerprint density at radius 3 is 2.83 bits per heavy atom. The highest BCUT2D eigenvalue weighted by Gasteiger charge is 2.07. The van der Waals surface area contributed by atoms with Gasteiger partial charge in [-0.3, -0.25) is 0 Å². The summed E-state index contributed by atoms with van der Waals surface area (Å²) in [5.74, 6) is 0. The molecule has 0 aromatic carbocycles. The van der Waals surface area contributed by atoms with Gasteiger partial charge in [-0.15, -0.1) is 11.3 Å². The van der Waals surface area contributed by atoms with Crippen LogP contribution in [0.5, 0.6) is 5.06 Å². The number of thiophene rings is 1. The lowest BCUT2D eigenvalue weighted by atomic mass is 10.5. The third-order valence-electron chi connectivity index (χ3n) is 1.50. The van der Waals surface area contributed by atoms with E-state index in [0.717, 1.165) is 9.88 Å². The van der Waals surface area contributed by atoms with Crippen molar-refractivity contribution < 1.29 is 5.11 Å². The highest BCUT2D eigenvalue weighted by molar-refractivity contribution is 7.21. The van der Waals surface area contributed by atoms with Crippen molar-refractivity contribution in [3.63, 3.8) is 0 Å². The highest BCUT2D eigenvalue weighted by Crippen LogP contribution is 2.34. The van der Waals surface area contributed by atoms with Gasteiger partial charge in [0.05, 0.1) is 10.6 Å². The van der Waals surface area contributed by atoms with E-state index in [1.54, 1.807) is 11.3 Å². The molecule has 12 heavy (non-hydrogen) atoms. The zero-order valence-corrected chi connectivity index (χ0v) is 8.08. The third-order valence-corrected chi connectivity index (χ3v) is 3.50. The van der Waals surface area contributed by atoms with E-state index in [4.69, 9.17) is 0 Å². The number of nitrogens with zero attached hydrogens (tertiary/aromatic N) is 1. The van der Waals surface area contributed by atoms with Gasteiger partial charge >= 0.3 is 0 Å². The largest absolute Gasteiger partial charge is 0.498 e. The molecular weight excluding hydrogens is 190 g/mol. The van der Waals surface area contributed by atoms with Crippen molar-refractivity contribution >= 4 is 22.7 Å². The topological polar surface area (TPSA) is 33.1 Å². The SMILES string of the molecule is Cc1nc(-c2cccs2)sc1O. The van der Waals surface area contributed by atoms with Crippen LogP contribution in [0, 0.1) is 6.92 Å². The molecule has 0 aliphatic heterocycles. The van der Waals surface area contributed by atoms with E-state index < -0.39 is 0 Å². The molecular formula is C8H7NOS2. The molecule has 62 valence electrons. The summed E-state index contributed by atoms with van der Waals surface area (Å²) < 4.78 is 0. The van der Waals surface area contributed by atoms with E-state index in [1.807, 2.05) is 24.4 Å². The van der Waals surface area contributed by atoms with E-state index in [9.17, 15) is 5.11 Å². The van der Waals surface area contributed by atoms with Crippen molar-refractivity contribution in [3.05, 3.63) is 23.2 Å². The number of aromatic hydroxyl groups is 1. The van der Waals surface area contributed by atoms with Gasteiger partial charge in [-0.05, 0) is 18.4 Å². The zero-order chi connectivity index (χ0) is 8.55. The molecule has 0 spiro atoms. The molecule has 0 atom stereocenters. The Morgan fingerprint density at radius 1 is 1.50 bits per heavy atom. The molecule has 0 aliphatic carbocycles. The number of aryl methyl sites for hydroxylation is 1. The van der Waals surface area contributed by atoms with Gasteiger partial charge in [0.15, 0.2) is 5.06 Å². The Labute approximate surface area is 78.1 Å². The average molecular weight is 197 g/mol. The van der Waals surface area contributed by atoms with Gasteiger partial charge in [0, 0.05) is 0 Å². The summed E-state index contributed by atoms with van der Waals surface area (Å²) in [5.41, 5.74) is 0.711. The van der Waals surface area contributed by atoms with Crippen LogP contribution >= 0.6 is 22.7 Å². The normalized spacial score (nSPS) is 10.4. The Balaban J connectivity index is 2.48. The van der Waals surface area contributed by atoms with Gasteiger partial charge in [0.2, 0.25) is 0 Å². The van der Waals surface area contributed by atoms with Crippen LogP contribution in [-0.2, 0) is 0 Å². The summed E-state index contributed by atoms with van der Waals surface area (Å²) in [4.78, 5) is 5.35. The van der Waals surface area contributed by atoms with Crippen LogP contribution in [0.2, 0.25) is 0 Å². The summed E-state index contributed by atoms with van der Waals surface area (Å²) >= 11 is 2.96. The molecule has 0 unspecified atom stereocenters. The molecule has 1 N–H and O–H groups in total. The minimum Gasteiger partial charge on any atom is -0.498 e. The molecule has 0 bridgehead atoms. The first-order chi connectivity index (χ1) is 5.77. The molecule has 4 heteroatoms. The van der Waals surface area contributed by atoms with Gasteiger partial charge < -0.3 is 5.11 Å². The predicted molar refractivity (Wildman–Crippen MR) is 51.8 cm³/mol. The molecule has 2 nitrogen and oxygen atoms in total. The smallest absolute Gasteiger partial charge is 0.195 e. The van der Waals surface area contributed by atoms with Gasteiger partial charge in [0.1, 0.15) is 5.01 Å². The minimum atomic E-state index is 0.318. The van der Waals surface area contributed by atoms with Crippen molar-refractivity contribution in [1.29, 1.82) is 0 Å². The molecule has 0 fully saturated rings. The fraction of sp³-hybridized carbons (Fsp3) is 0.125. The van der Waals surface area contributed by atoms with Crippen LogP contribution in [0.25, 0.3) is 9.88 Å². The third kappa shape index (κ3) is 1.23. The monoisotopic (exact) mass is 197 g/mol. The van der Waals surface area contributed by atoms with Crippen molar-refractivity contribution in [3.8, 4) is 14.9 Å². The predicted octanol–water partition coefficient (Wildman–Crippen LogP) is 2.89. The van der Waals surface area contributed by atoms with Gasteiger partial charge in [0.25, 0.3) is 0 Å². The number of hydrogen-bond donors (Lipinski definition) is 1. The fourth-order valence-corrected chi connectivity index (χ4v) is 2.50. The first-order valence-electron chi connectivity index (χ1n) is 3.47. The zero-order valence-electron chi connectivity index (χ0n) is 6.44. The van der Waals surface area contributed by atoms with Crippen molar-refractivity contribution in [1.82, 2.24) is 4.98 Å². The van der Waals surface area contributed by atoms with Gasteiger partial charge in [-0.2, -0.15) is 0 Å². The summed E-state index contributed by atoms with van der Waals surface area (Å²) in [6, 6.07) is 3.98. The number of hydrogen-bond acceptors (Lipinski definition) is 4. The summed E-state index contributed by atoms with van der Waals surface area (Å²) in [6.07, 6.45) is 0. The molecule has 2 aromatic heterocycles. The maximum Gasteiger partial charge on any atom is 0.195 e. The van der Waals surface area contributed by atoms with Crippen LogP contribution < -0.4 is 0 Å². The first-order valence-corrected chi connectivity index (χ1v) is 5.17. The molecule has 2 heterocycles. The Kier molecular flexibility index (Phi) is 1.86. The van der Waals surface area contributed by atoms with Crippen LogP contribution in [0.3, 0.4) is 0 Å². The standard InChI is InChI=1S/C8H7NOS2/c1-5-8(10)12-7(9-5)6-3-2-4-11-6/h2-4,10H,1H3. The second kappa shape index (κ2) is 2.88. The molecule has 0 aliphatic rings. The van der Waals surface area contributed by atoms with Crippen LogP contribution in [0.4, 0.5) is 0 Å². The maximum atomic E-state index is 9.30. The molecule has 2 rings (SSSR count). The Morgan fingerprint density at radius 2 is 2.33 bits per heavy atom. The molecule has 0 amide bonds. The highest BCUT2D eigenvalue weighted by atomic mass is 32.1.